The highest BCUT2D eigenvalue weighted by atomic mass is 16.5. The largest absolute Gasteiger partial charge is 0.479 e. The van der Waals surface area contributed by atoms with Gasteiger partial charge in [-0.05, 0) is 26.3 Å². The van der Waals surface area contributed by atoms with Gasteiger partial charge in [0.2, 0.25) is 5.91 Å². The molecule has 0 aliphatic rings. The van der Waals surface area contributed by atoms with Crippen LogP contribution in [0.25, 0.3) is 0 Å². The quantitative estimate of drug-likeness (QED) is 0.834. The number of hydrogen-bond donors (Lipinski definition) is 2. The van der Waals surface area contributed by atoms with Crippen molar-refractivity contribution in [1.82, 2.24) is 5.32 Å². The number of amides is 1. The summed E-state index contributed by atoms with van der Waals surface area (Å²) in [5.74, 6) is -1.47. The Bertz CT molecular complexity index is 484. The maximum atomic E-state index is 12.1. The van der Waals surface area contributed by atoms with Gasteiger partial charge in [-0.25, -0.2) is 4.79 Å². The smallest absolute Gasteiger partial charge is 0.333 e. The van der Waals surface area contributed by atoms with Crippen molar-refractivity contribution in [1.29, 1.82) is 0 Å². The van der Waals surface area contributed by atoms with E-state index in [0.717, 1.165) is 0 Å². The molecule has 5 nitrogen and oxygen atoms in total. The second kappa shape index (κ2) is 6.05. The Hall–Kier alpha value is -1.88. The third kappa shape index (κ3) is 3.81. The van der Waals surface area contributed by atoms with Crippen molar-refractivity contribution < 1.29 is 19.4 Å². The lowest BCUT2D eigenvalue weighted by Crippen LogP contribution is -2.51. The first-order valence-corrected chi connectivity index (χ1v) is 6.36. The molecule has 0 spiro atoms. The molecule has 0 heterocycles. The molecule has 2 N–H and O–H groups in total. The maximum absolute atomic E-state index is 12.1. The Morgan fingerprint density at radius 3 is 2.20 bits per heavy atom. The van der Waals surface area contributed by atoms with E-state index in [1.807, 2.05) is 0 Å². The number of nitrogens with one attached hydrogen (secondary N) is 1. The molecule has 0 fully saturated rings. The molecule has 110 valence electrons. The van der Waals surface area contributed by atoms with Crippen LogP contribution in [-0.4, -0.2) is 29.7 Å². The van der Waals surface area contributed by atoms with Crippen LogP contribution < -0.4 is 5.32 Å². The summed E-state index contributed by atoms with van der Waals surface area (Å²) in [6, 6.07) is 8.62. The number of aliphatic carboxylic acids is 1. The molecular weight excluding hydrogens is 258 g/mol. The first-order chi connectivity index (χ1) is 9.21. The molecule has 1 unspecified atom stereocenters. The zero-order valence-corrected chi connectivity index (χ0v) is 12.3. The monoisotopic (exact) mass is 279 g/mol. The Morgan fingerprint density at radius 2 is 1.75 bits per heavy atom. The molecule has 0 radical (unpaired) electrons. The van der Waals surface area contributed by atoms with Crippen LogP contribution in [0.3, 0.4) is 0 Å². The van der Waals surface area contributed by atoms with E-state index in [1.165, 1.54) is 14.0 Å². The van der Waals surface area contributed by atoms with E-state index in [2.05, 4.69) is 5.32 Å². The SMILES string of the molecule is COC(C)(C)CC(=O)NC(C)(C(=O)O)c1ccccc1. The van der Waals surface area contributed by atoms with E-state index >= 15 is 0 Å². The molecule has 0 bridgehead atoms. The topological polar surface area (TPSA) is 75.6 Å². The van der Waals surface area contributed by atoms with Crippen molar-refractivity contribution in [3.8, 4) is 0 Å². The fourth-order valence-corrected chi connectivity index (χ4v) is 1.80. The highest BCUT2D eigenvalue weighted by molar-refractivity contribution is 5.88. The zero-order valence-electron chi connectivity index (χ0n) is 12.3. The normalized spacial score (nSPS) is 14.4. The van der Waals surface area contributed by atoms with Gasteiger partial charge in [0, 0.05) is 7.11 Å². The maximum Gasteiger partial charge on any atom is 0.333 e. The molecule has 0 saturated heterocycles. The summed E-state index contributed by atoms with van der Waals surface area (Å²) < 4.78 is 5.18. The predicted octanol–water partition coefficient (Wildman–Crippen LogP) is 1.92. The van der Waals surface area contributed by atoms with E-state index in [-0.39, 0.29) is 12.3 Å². The van der Waals surface area contributed by atoms with Crippen molar-refractivity contribution in [2.45, 2.75) is 38.3 Å². The van der Waals surface area contributed by atoms with Gasteiger partial charge in [0.1, 0.15) is 0 Å². The van der Waals surface area contributed by atoms with E-state index < -0.39 is 17.1 Å². The summed E-state index contributed by atoms with van der Waals surface area (Å²) in [7, 11) is 1.51. The molecule has 0 aromatic heterocycles. The van der Waals surface area contributed by atoms with Gasteiger partial charge in [-0.2, -0.15) is 0 Å². The van der Waals surface area contributed by atoms with Crippen LogP contribution in [0.5, 0.6) is 0 Å². The van der Waals surface area contributed by atoms with Crippen molar-refractivity contribution in [3.05, 3.63) is 35.9 Å². The number of carboxylic acids is 1. The minimum atomic E-state index is -1.46. The van der Waals surface area contributed by atoms with E-state index in [0.29, 0.717) is 5.56 Å². The van der Waals surface area contributed by atoms with Gasteiger partial charge in [0.15, 0.2) is 5.54 Å². The number of carbonyl (C=O) groups is 2. The third-order valence-corrected chi connectivity index (χ3v) is 3.31. The number of hydrogen-bond acceptors (Lipinski definition) is 3. The van der Waals surface area contributed by atoms with Gasteiger partial charge in [0.05, 0.1) is 12.0 Å². The van der Waals surface area contributed by atoms with Crippen LogP contribution in [0.15, 0.2) is 30.3 Å². The fourth-order valence-electron chi connectivity index (χ4n) is 1.80. The number of ether oxygens (including phenoxy) is 1. The minimum absolute atomic E-state index is 0.0825. The van der Waals surface area contributed by atoms with Gasteiger partial charge >= 0.3 is 5.97 Å². The highest BCUT2D eigenvalue weighted by Crippen LogP contribution is 2.22. The van der Waals surface area contributed by atoms with Crippen LogP contribution >= 0.6 is 0 Å². The average molecular weight is 279 g/mol. The van der Waals surface area contributed by atoms with Crippen LogP contribution in [0.1, 0.15) is 32.8 Å². The Balaban J connectivity index is 2.94. The summed E-state index contributed by atoms with van der Waals surface area (Å²) in [6.45, 7) is 5.02. The summed E-state index contributed by atoms with van der Waals surface area (Å²) in [5, 5.41) is 12.0. The minimum Gasteiger partial charge on any atom is -0.479 e. The van der Waals surface area contributed by atoms with Crippen LogP contribution in [0, 0.1) is 0 Å². The van der Waals surface area contributed by atoms with Crippen molar-refractivity contribution in [2.24, 2.45) is 0 Å². The highest BCUT2D eigenvalue weighted by Gasteiger charge is 2.37. The van der Waals surface area contributed by atoms with Gasteiger partial charge < -0.3 is 15.2 Å². The summed E-state index contributed by atoms with van der Waals surface area (Å²) >= 11 is 0. The van der Waals surface area contributed by atoms with Crippen molar-refractivity contribution >= 4 is 11.9 Å². The fraction of sp³-hybridized carbons (Fsp3) is 0.467. The molecular formula is C15H21NO4. The zero-order chi connectivity index (χ0) is 15.4. The third-order valence-electron chi connectivity index (χ3n) is 3.31. The van der Waals surface area contributed by atoms with Gasteiger partial charge in [-0.15, -0.1) is 0 Å². The van der Waals surface area contributed by atoms with E-state index in [9.17, 15) is 14.7 Å². The Morgan fingerprint density at radius 1 is 1.20 bits per heavy atom. The van der Waals surface area contributed by atoms with Gasteiger partial charge in [-0.1, -0.05) is 30.3 Å². The molecule has 1 aromatic carbocycles. The molecule has 20 heavy (non-hydrogen) atoms. The van der Waals surface area contributed by atoms with Crippen LogP contribution in [-0.2, 0) is 19.9 Å². The molecule has 1 rings (SSSR count). The van der Waals surface area contributed by atoms with E-state index in [1.54, 1.807) is 44.2 Å². The molecule has 1 aromatic rings. The average Bonchev–Trinajstić information content (AvgIpc) is 2.38. The summed E-state index contributed by atoms with van der Waals surface area (Å²) in [5.41, 5.74) is -1.57. The molecule has 1 amide bonds. The lowest BCUT2D eigenvalue weighted by Gasteiger charge is -2.29. The first-order valence-electron chi connectivity index (χ1n) is 6.36. The summed E-state index contributed by atoms with van der Waals surface area (Å²) in [6.07, 6.45) is 0.0825. The number of rotatable bonds is 6. The number of benzene rings is 1. The standard InChI is InChI=1S/C15H21NO4/c1-14(2,20-4)10-12(17)16-15(3,13(18)19)11-8-6-5-7-9-11/h5-9H,10H2,1-4H3,(H,16,17)(H,18,19). The van der Waals surface area contributed by atoms with Crippen molar-refractivity contribution in [3.63, 3.8) is 0 Å². The lowest BCUT2D eigenvalue weighted by molar-refractivity contribution is -0.148. The number of methoxy groups -OCH3 is 1. The predicted molar refractivity (Wildman–Crippen MR) is 75.3 cm³/mol. The second-order valence-corrected chi connectivity index (χ2v) is 5.48. The number of carboxylic acid groups (broad SMARTS) is 1. The number of carbonyl (C=O) groups excluding carboxylic acids is 1. The van der Waals surface area contributed by atoms with E-state index in [4.69, 9.17) is 4.74 Å². The van der Waals surface area contributed by atoms with Crippen LogP contribution in [0.2, 0.25) is 0 Å². The molecule has 0 aliphatic heterocycles. The lowest BCUT2D eigenvalue weighted by atomic mass is 9.91. The molecule has 5 heteroatoms. The molecule has 0 saturated carbocycles. The summed E-state index contributed by atoms with van der Waals surface area (Å²) in [4.78, 5) is 23.6. The van der Waals surface area contributed by atoms with Gasteiger partial charge in [0.25, 0.3) is 0 Å². The van der Waals surface area contributed by atoms with Gasteiger partial charge in [-0.3, -0.25) is 4.79 Å². The van der Waals surface area contributed by atoms with Crippen molar-refractivity contribution in [2.75, 3.05) is 7.11 Å². The first kappa shape index (κ1) is 16.2. The Labute approximate surface area is 118 Å². The van der Waals surface area contributed by atoms with Crippen LogP contribution in [0.4, 0.5) is 0 Å². The molecule has 1 atom stereocenters. The second-order valence-electron chi connectivity index (χ2n) is 5.48. The molecule has 0 aliphatic carbocycles. The Kier molecular flexibility index (Phi) is 4.89.